The maximum Gasteiger partial charge on any atom is 0.274 e. The van der Waals surface area contributed by atoms with Crippen molar-refractivity contribution in [2.75, 3.05) is 0 Å². The first-order valence-electron chi connectivity index (χ1n) is 7.76. The van der Waals surface area contributed by atoms with E-state index in [2.05, 4.69) is 0 Å². The number of nitrogens with one attached hydrogen (secondary N) is 1. The number of amides is 2. The number of benzene rings is 2. The Bertz CT molecular complexity index is 835. The van der Waals surface area contributed by atoms with E-state index in [0.717, 1.165) is 24.0 Å². The van der Waals surface area contributed by atoms with Gasteiger partial charge in [0.1, 0.15) is 0 Å². The van der Waals surface area contributed by atoms with Gasteiger partial charge in [-0.05, 0) is 60.4 Å². The Kier molecular flexibility index (Phi) is 3.55. The molecule has 5 nitrogen and oxygen atoms in total. The predicted molar refractivity (Wildman–Crippen MR) is 88.0 cm³/mol. The molecule has 2 aliphatic rings. The molecule has 0 spiro atoms. The molecule has 4 rings (SSSR count). The lowest BCUT2D eigenvalue weighted by Crippen LogP contribution is -2.27. The van der Waals surface area contributed by atoms with Crippen molar-refractivity contribution >= 4 is 23.4 Å². The third kappa shape index (κ3) is 2.20. The van der Waals surface area contributed by atoms with Crippen molar-refractivity contribution in [3.8, 4) is 0 Å². The summed E-state index contributed by atoms with van der Waals surface area (Å²) in [5.74, 6) is -0.570. The number of nitrogens with zero attached hydrogens (tertiary/aromatic N) is 1. The lowest BCUT2D eigenvalue weighted by atomic mass is 9.90. The van der Waals surface area contributed by atoms with Crippen LogP contribution in [-0.2, 0) is 0 Å². The number of carbonyl (C=O) groups is 2. The van der Waals surface area contributed by atoms with Crippen LogP contribution in [0.3, 0.4) is 0 Å². The molecule has 0 aliphatic carbocycles. The van der Waals surface area contributed by atoms with Crippen LogP contribution in [-0.4, -0.2) is 21.9 Å². The fourth-order valence-corrected chi connectivity index (χ4v) is 3.94. The van der Waals surface area contributed by atoms with Crippen LogP contribution in [0.15, 0.2) is 42.5 Å². The highest BCUT2D eigenvalue weighted by Crippen LogP contribution is 2.53. The van der Waals surface area contributed by atoms with E-state index < -0.39 is 5.91 Å². The van der Waals surface area contributed by atoms with Crippen LogP contribution in [0.4, 0.5) is 0 Å². The molecule has 2 unspecified atom stereocenters. The highest BCUT2D eigenvalue weighted by atomic mass is 35.5. The van der Waals surface area contributed by atoms with E-state index in [4.69, 9.17) is 16.8 Å². The normalized spacial score (nSPS) is 20.8. The molecule has 0 radical (unpaired) electrons. The van der Waals surface area contributed by atoms with Crippen LogP contribution < -0.4 is 5.48 Å². The van der Waals surface area contributed by atoms with E-state index in [9.17, 15) is 9.59 Å². The molecule has 1 fully saturated rings. The maximum atomic E-state index is 12.9. The Labute approximate surface area is 143 Å². The highest BCUT2D eigenvalue weighted by molar-refractivity contribution is 6.30. The second kappa shape index (κ2) is 5.61. The average Bonchev–Trinajstić information content (AvgIpc) is 3.17. The Hall–Kier alpha value is -2.37. The molecule has 2 atom stereocenters. The number of fused-ring (bicyclic) bond motifs is 5. The van der Waals surface area contributed by atoms with Crippen molar-refractivity contribution in [2.24, 2.45) is 0 Å². The molecule has 2 amide bonds. The first-order chi connectivity index (χ1) is 11.6. The van der Waals surface area contributed by atoms with Crippen molar-refractivity contribution in [1.82, 2.24) is 10.4 Å². The van der Waals surface area contributed by atoms with E-state index in [1.807, 2.05) is 11.0 Å². The van der Waals surface area contributed by atoms with Gasteiger partial charge in [-0.3, -0.25) is 14.8 Å². The Morgan fingerprint density at radius 1 is 1.00 bits per heavy atom. The van der Waals surface area contributed by atoms with Gasteiger partial charge in [0.25, 0.3) is 11.8 Å². The van der Waals surface area contributed by atoms with Crippen LogP contribution in [0, 0.1) is 0 Å². The summed E-state index contributed by atoms with van der Waals surface area (Å²) >= 11 is 5.90. The van der Waals surface area contributed by atoms with Crippen LogP contribution in [0.1, 0.15) is 56.8 Å². The molecule has 2 aliphatic heterocycles. The number of halogens is 1. The van der Waals surface area contributed by atoms with Gasteiger partial charge in [0.15, 0.2) is 0 Å². The maximum absolute atomic E-state index is 12.9. The molecular weight excluding hydrogens is 328 g/mol. The topological polar surface area (TPSA) is 69.6 Å². The van der Waals surface area contributed by atoms with Gasteiger partial charge < -0.3 is 4.90 Å². The van der Waals surface area contributed by atoms with Crippen molar-refractivity contribution in [2.45, 2.75) is 24.9 Å². The van der Waals surface area contributed by atoms with Gasteiger partial charge >= 0.3 is 0 Å². The molecule has 2 aromatic carbocycles. The minimum atomic E-state index is -0.545. The molecule has 122 valence electrons. The van der Waals surface area contributed by atoms with Crippen LogP contribution in [0.25, 0.3) is 0 Å². The highest BCUT2D eigenvalue weighted by Gasteiger charge is 2.46. The first-order valence-corrected chi connectivity index (χ1v) is 8.14. The van der Waals surface area contributed by atoms with E-state index >= 15 is 0 Å². The minimum absolute atomic E-state index is 0.0245. The van der Waals surface area contributed by atoms with E-state index in [1.54, 1.807) is 41.9 Å². The third-order valence-corrected chi connectivity index (χ3v) is 5.13. The first kappa shape index (κ1) is 15.2. The van der Waals surface area contributed by atoms with E-state index in [1.165, 1.54) is 0 Å². The van der Waals surface area contributed by atoms with Crippen molar-refractivity contribution in [3.05, 3.63) is 69.7 Å². The van der Waals surface area contributed by atoms with Gasteiger partial charge in [-0.1, -0.05) is 17.7 Å². The minimum Gasteiger partial charge on any atom is -0.325 e. The summed E-state index contributed by atoms with van der Waals surface area (Å²) < 4.78 is 0. The predicted octanol–water partition coefficient (Wildman–Crippen LogP) is 3.49. The number of rotatable bonds is 2. The average molecular weight is 343 g/mol. The molecule has 2 bridgehead atoms. The Morgan fingerprint density at radius 2 is 1.62 bits per heavy atom. The van der Waals surface area contributed by atoms with Crippen molar-refractivity contribution in [3.63, 3.8) is 0 Å². The number of hydrogen-bond acceptors (Lipinski definition) is 3. The quantitative estimate of drug-likeness (QED) is 0.648. The summed E-state index contributed by atoms with van der Waals surface area (Å²) in [4.78, 5) is 26.5. The van der Waals surface area contributed by atoms with Gasteiger partial charge in [0, 0.05) is 16.1 Å². The Balaban J connectivity index is 1.69. The summed E-state index contributed by atoms with van der Waals surface area (Å²) in [7, 11) is 0. The molecule has 6 heteroatoms. The molecule has 2 heterocycles. The fourth-order valence-electron chi connectivity index (χ4n) is 3.82. The second-order valence-corrected chi connectivity index (χ2v) is 6.55. The van der Waals surface area contributed by atoms with Gasteiger partial charge in [-0.15, -0.1) is 0 Å². The van der Waals surface area contributed by atoms with Gasteiger partial charge in [-0.2, -0.15) is 0 Å². The Morgan fingerprint density at radius 3 is 2.29 bits per heavy atom. The van der Waals surface area contributed by atoms with Gasteiger partial charge in [0.2, 0.25) is 0 Å². The monoisotopic (exact) mass is 342 g/mol. The van der Waals surface area contributed by atoms with Crippen LogP contribution >= 0.6 is 11.6 Å². The summed E-state index contributed by atoms with van der Waals surface area (Å²) in [6.45, 7) is 0. The SMILES string of the molecule is O=C(NO)c1ccc2c(c1)C1CCC2N1C(=O)c1ccc(Cl)cc1. The van der Waals surface area contributed by atoms with Gasteiger partial charge in [0.05, 0.1) is 12.1 Å². The summed E-state index contributed by atoms with van der Waals surface area (Å²) in [6.07, 6.45) is 1.80. The standard InChI is InChI=1S/C18H15ClN2O3/c19-12-4-1-10(2-5-12)18(23)21-15-7-8-16(21)14-9-11(17(22)20-24)3-6-13(14)15/h1-6,9,15-16,24H,7-8H2,(H,20,22). The summed E-state index contributed by atoms with van der Waals surface area (Å²) in [6, 6.07) is 12.2. The molecule has 0 aromatic heterocycles. The van der Waals surface area contributed by atoms with Crippen molar-refractivity contribution < 1.29 is 14.8 Å². The second-order valence-electron chi connectivity index (χ2n) is 6.11. The zero-order valence-electron chi connectivity index (χ0n) is 12.7. The van der Waals surface area contributed by atoms with E-state index in [0.29, 0.717) is 16.1 Å². The zero-order chi connectivity index (χ0) is 16.8. The summed E-state index contributed by atoms with van der Waals surface area (Å²) in [5.41, 5.74) is 4.73. The lowest BCUT2D eigenvalue weighted by molar-refractivity contribution is 0.0696. The van der Waals surface area contributed by atoms with Crippen LogP contribution in [0.5, 0.6) is 0 Å². The molecular formula is C18H15ClN2O3. The molecule has 0 saturated carbocycles. The van der Waals surface area contributed by atoms with Crippen LogP contribution in [0.2, 0.25) is 5.02 Å². The molecule has 2 aromatic rings. The fraction of sp³-hybridized carbons (Fsp3) is 0.222. The molecule has 2 N–H and O–H groups in total. The summed E-state index contributed by atoms with van der Waals surface area (Å²) in [5, 5.41) is 9.40. The van der Waals surface area contributed by atoms with E-state index in [-0.39, 0.29) is 18.0 Å². The number of hydrogen-bond donors (Lipinski definition) is 2. The zero-order valence-corrected chi connectivity index (χ0v) is 13.5. The lowest BCUT2D eigenvalue weighted by Gasteiger charge is -2.22. The van der Waals surface area contributed by atoms with Crippen molar-refractivity contribution in [1.29, 1.82) is 0 Å². The smallest absolute Gasteiger partial charge is 0.274 e. The van der Waals surface area contributed by atoms with Gasteiger partial charge in [-0.25, -0.2) is 5.48 Å². The molecule has 1 saturated heterocycles. The third-order valence-electron chi connectivity index (χ3n) is 4.88. The molecule has 24 heavy (non-hydrogen) atoms. The number of hydroxylamine groups is 1. The number of carbonyl (C=O) groups excluding carboxylic acids is 2. The largest absolute Gasteiger partial charge is 0.325 e.